The molecule has 27 heteroatoms. The highest BCUT2D eigenvalue weighted by molar-refractivity contribution is 8.00. The van der Waals surface area contributed by atoms with E-state index < -0.39 is 187 Å². The molecular formula is C48H65N9O16S2. The van der Waals surface area contributed by atoms with E-state index in [0.717, 1.165) is 9.80 Å². The normalized spacial score (nSPS) is 28.4. The molecule has 75 heavy (non-hydrogen) atoms. The topological polar surface area (TPSA) is 383 Å². The molecule has 2 unspecified atom stereocenters. The summed E-state index contributed by atoms with van der Waals surface area (Å²) in [6, 6.07) is -1.60. The smallest absolute Gasteiger partial charge is 0.243 e. The van der Waals surface area contributed by atoms with Gasteiger partial charge in [-0.3, -0.25) is 61.8 Å². The number of carbonyl (C=O) groups excluding carboxylic acids is 11. The summed E-state index contributed by atoms with van der Waals surface area (Å²) in [7, 11) is -2.39. The Balaban J connectivity index is 1.51. The third-order valence-corrected chi connectivity index (χ3v) is 16.6. The number of amides is 9. The zero-order valence-corrected chi connectivity index (χ0v) is 43.6. The number of ketones is 2. The molecule has 2 bridgehead atoms. The summed E-state index contributed by atoms with van der Waals surface area (Å²) in [5.74, 6) is -14.5. The molecule has 9 amide bonds. The van der Waals surface area contributed by atoms with Crippen LogP contribution in [0.15, 0.2) is 23.2 Å². The van der Waals surface area contributed by atoms with Gasteiger partial charge in [-0.05, 0) is 35.8 Å². The van der Waals surface area contributed by atoms with Gasteiger partial charge in [-0.25, -0.2) is 0 Å². The van der Waals surface area contributed by atoms with Gasteiger partial charge in [0.2, 0.25) is 53.2 Å². The third-order valence-electron chi connectivity index (χ3n) is 14.2. The van der Waals surface area contributed by atoms with E-state index in [2.05, 4.69) is 31.6 Å². The lowest BCUT2D eigenvalue weighted by molar-refractivity contribution is -0.145. The van der Waals surface area contributed by atoms with Gasteiger partial charge in [0.05, 0.1) is 83.8 Å². The Morgan fingerprint density at radius 1 is 0.893 bits per heavy atom. The van der Waals surface area contributed by atoms with Crippen molar-refractivity contribution in [3.05, 3.63) is 23.8 Å². The van der Waals surface area contributed by atoms with E-state index >= 15 is 0 Å². The van der Waals surface area contributed by atoms with Crippen molar-refractivity contribution in [3.8, 4) is 5.75 Å². The molecule has 410 valence electrons. The molecule has 4 aliphatic rings. The average Bonchev–Trinajstić information content (AvgIpc) is 4.04. The van der Waals surface area contributed by atoms with Crippen LogP contribution >= 0.6 is 11.8 Å². The van der Waals surface area contributed by atoms with Gasteiger partial charge in [0.25, 0.3) is 0 Å². The third kappa shape index (κ3) is 14.0. The van der Waals surface area contributed by atoms with Gasteiger partial charge in [0.1, 0.15) is 29.5 Å². The van der Waals surface area contributed by atoms with Crippen LogP contribution in [0.25, 0.3) is 10.9 Å². The summed E-state index contributed by atoms with van der Waals surface area (Å²) >= 11 is 1.26. The molecule has 25 nitrogen and oxygen atoms in total. The van der Waals surface area contributed by atoms with Crippen LogP contribution in [0.3, 0.4) is 0 Å². The van der Waals surface area contributed by atoms with Crippen LogP contribution in [0.1, 0.15) is 64.9 Å². The number of imide groups is 1. The van der Waals surface area contributed by atoms with E-state index in [4.69, 9.17) is 10.5 Å². The number of thioether (sulfide) groups is 1. The molecule has 1 aromatic carbocycles. The number of aromatic amines is 1. The summed E-state index contributed by atoms with van der Waals surface area (Å²) in [5, 5.41) is 44.0. The monoisotopic (exact) mass is 1090 g/mol. The van der Waals surface area contributed by atoms with Crippen molar-refractivity contribution in [2.45, 2.75) is 112 Å². The highest BCUT2D eigenvalue weighted by atomic mass is 32.2. The number of benzene rings is 1. The van der Waals surface area contributed by atoms with Crippen molar-refractivity contribution in [2.75, 3.05) is 51.4 Å². The standard InChI is InChI=1S/C48H65N9O16S2/c1-5-22(2)42-45(69)51-17-39(64)52-32-21-75(72)46-29(27-7-6-26(13-30(27)54-46)73-9-8-56-41(66)16-37(74-4)48(56)71)14-31(44(68)50-18-40(65)55-42)53-43(67)28(23(3)36(62)20-58)15-35(61)33-12-25(59)19-57(33)47(70)24(10-34(32)60)11-38(49)63/h6-7,13,22-25,28,31-33,36-37,42,54,58-59,62H,5,8-12,14-21H2,1-4H3,(H2,49,63)(H,50,68)(H,51,69)(H,52,64)(H,53,67)(H,55,65)/t22-,23+,24-,25+,28-,31-,32-,33-,36-,37?,42-,75?/m0/s1. The van der Waals surface area contributed by atoms with Crippen molar-refractivity contribution in [1.82, 2.24) is 41.4 Å². The quantitative estimate of drug-likeness (QED) is 0.0919. The fourth-order valence-corrected chi connectivity index (χ4v) is 11.8. The lowest BCUT2D eigenvalue weighted by Gasteiger charge is -2.31. The number of aliphatic hydroxyl groups excluding tert-OH is 3. The molecule has 1 aromatic heterocycles. The first-order chi connectivity index (χ1) is 35.5. The Kier molecular flexibility index (Phi) is 19.7. The van der Waals surface area contributed by atoms with Crippen molar-refractivity contribution < 1.29 is 77.0 Å². The largest absolute Gasteiger partial charge is 0.492 e. The number of primary amides is 1. The van der Waals surface area contributed by atoms with Crippen LogP contribution in [0.2, 0.25) is 0 Å². The number of fused-ring (bicyclic) bond motifs is 5. The second-order valence-electron chi connectivity index (χ2n) is 19.4. The Morgan fingerprint density at radius 2 is 1.59 bits per heavy atom. The van der Waals surface area contributed by atoms with Crippen LogP contribution in [-0.2, 0) is 70.0 Å². The number of nitrogens with zero attached hydrogens (tertiary/aromatic N) is 2. The van der Waals surface area contributed by atoms with E-state index in [1.165, 1.54) is 36.9 Å². The maximum absolute atomic E-state index is 15.0. The van der Waals surface area contributed by atoms with Gasteiger partial charge >= 0.3 is 0 Å². The lowest BCUT2D eigenvalue weighted by Crippen LogP contribution is -2.56. The highest BCUT2D eigenvalue weighted by Crippen LogP contribution is 2.33. The molecule has 2 saturated heterocycles. The maximum atomic E-state index is 15.0. The number of carbonyl (C=O) groups is 11. The number of aliphatic hydroxyl groups is 3. The van der Waals surface area contributed by atoms with Crippen LogP contribution < -0.4 is 37.1 Å². The minimum absolute atomic E-state index is 0.0494. The fraction of sp³-hybridized carbons (Fsp3) is 0.604. The number of likely N-dealkylation sites (tertiary alicyclic amines) is 1. The molecule has 0 saturated carbocycles. The first kappa shape index (κ1) is 58.0. The SMILES string of the molecule is CC[C@H](C)[C@@H]1NC(=O)CNC(=O)[C@@H]2Cc3c([nH]c4cc(OCCN5C(=O)CC(SC)C5=O)ccc34)S(=O)C[C@H](NC(=O)CNC1=O)C(=O)C[C@@H](CC(N)=O)C(=O)N1C[C@H](O)C[C@H]1C(=O)C[C@@H]([C@@H](C)[C@@H](O)CO)C(=O)N2. The first-order valence-corrected chi connectivity index (χ1v) is 27.2. The van der Waals surface area contributed by atoms with Crippen molar-refractivity contribution in [1.29, 1.82) is 0 Å². The number of Topliss-reactive ketones (excluding diaryl/α,β-unsaturated/α-hetero) is 2. The molecule has 12 atom stereocenters. The Bertz CT molecular complexity index is 2610. The molecule has 0 aliphatic carbocycles. The number of hydrogen-bond acceptors (Lipinski definition) is 17. The summed E-state index contributed by atoms with van der Waals surface area (Å²) in [5.41, 5.74) is 5.92. The predicted octanol–water partition coefficient (Wildman–Crippen LogP) is -3.58. The molecule has 2 aromatic rings. The molecule has 4 aliphatic heterocycles. The van der Waals surface area contributed by atoms with Gasteiger partial charge in [0, 0.05) is 62.4 Å². The summed E-state index contributed by atoms with van der Waals surface area (Å²) in [4.78, 5) is 156. The molecule has 5 heterocycles. The van der Waals surface area contributed by atoms with Crippen LogP contribution in [0, 0.1) is 23.7 Å². The number of nitrogens with one attached hydrogen (secondary N) is 6. The molecule has 0 spiro atoms. The number of aromatic nitrogens is 1. The van der Waals surface area contributed by atoms with Gasteiger partial charge < -0.3 is 62.3 Å². The van der Waals surface area contributed by atoms with Crippen molar-refractivity contribution in [2.24, 2.45) is 29.4 Å². The molecule has 0 radical (unpaired) electrons. The second kappa shape index (κ2) is 25.5. The van der Waals surface area contributed by atoms with E-state index in [-0.39, 0.29) is 59.7 Å². The maximum Gasteiger partial charge on any atom is 0.243 e. The summed E-state index contributed by atoms with van der Waals surface area (Å²) in [6.07, 6.45) is -3.95. The summed E-state index contributed by atoms with van der Waals surface area (Å²) < 4.78 is 20.9. The molecular weight excluding hydrogens is 1020 g/mol. The zero-order valence-electron chi connectivity index (χ0n) is 41.9. The van der Waals surface area contributed by atoms with Crippen molar-refractivity contribution >= 4 is 98.2 Å². The number of rotatable bonds is 12. The van der Waals surface area contributed by atoms with E-state index in [9.17, 15) is 72.3 Å². The number of H-pyrrole nitrogens is 1. The Hall–Kier alpha value is -6.29. The second-order valence-corrected chi connectivity index (χ2v) is 21.9. The zero-order chi connectivity index (χ0) is 55.0. The van der Waals surface area contributed by atoms with Gasteiger partial charge in [-0.15, -0.1) is 0 Å². The van der Waals surface area contributed by atoms with Gasteiger partial charge in [-0.1, -0.05) is 27.2 Å². The van der Waals surface area contributed by atoms with E-state index in [1.807, 2.05) is 0 Å². The Labute approximate surface area is 437 Å². The highest BCUT2D eigenvalue weighted by Gasteiger charge is 2.45. The average molecular weight is 1090 g/mol. The number of nitrogens with two attached hydrogens (primary N) is 1. The van der Waals surface area contributed by atoms with Crippen molar-refractivity contribution in [3.63, 3.8) is 0 Å². The first-order valence-electron chi connectivity index (χ1n) is 24.6. The lowest BCUT2D eigenvalue weighted by atomic mass is 9.83. The van der Waals surface area contributed by atoms with Crippen LogP contribution in [-0.4, -0.2) is 192 Å². The number of ether oxygens (including phenoxy) is 1. The van der Waals surface area contributed by atoms with Gasteiger partial charge in [-0.2, -0.15) is 11.8 Å². The number of hydrogen-bond donors (Lipinski definition) is 10. The van der Waals surface area contributed by atoms with Crippen LogP contribution in [0.5, 0.6) is 5.75 Å². The minimum Gasteiger partial charge on any atom is -0.492 e. The molecule has 2 fully saturated rings. The predicted molar refractivity (Wildman–Crippen MR) is 267 cm³/mol. The Morgan fingerprint density at radius 3 is 2.24 bits per heavy atom. The van der Waals surface area contributed by atoms with Crippen LogP contribution in [0.4, 0.5) is 0 Å². The molecule has 11 N–H and O–H groups in total. The summed E-state index contributed by atoms with van der Waals surface area (Å²) in [6.45, 7) is 1.74. The fourth-order valence-electron chi connectivity index (χ4n) is 9.68. The van der Waals surface area contributed by atoms with Gasteiger partial charge in [0.15, 0.2) is 11.6 Å². The van der Waals surface area contributed by atoms with E-state index in [0.29, 0.717) is 11.8 Å². The molecule has 6 rings (SSSR count). The minimum atomic E-state index is -2.39. The van der Waals surface area contributed by atoms with E-state index in [1.54, 1.807) is 20.1 Å².